The second kappa shape index (κ2) is 6.09. The molecule has 1 aromatic carbocycles. The van der Waals surface area contributed by atoms with Crippen LogP contribution < -0.4 is 0 Å². The van der Waals surface area contributed by atoms with Gasteiger partial charge in [-0.05, 0) is 55.9 Å². The van der Waals surface area contributed by atoms with E-state index in [4.69, 9.17) is 0 Å². The molecule has 0 saturated heterocycles. The summed E-state index contributed by atoms with van der Waals surface area (Å²) in [4.78, 5) is 4.62. The zero-order chi connectivity index (χ0) is 14.7. The highest BCUT2D eigenvalue weighted by molar-refractivity contribution is 5.71. The van der Waals surface area contributed by atoms with Gasteiger partial charge in [0.25, 0.3) is 0 Å². The van der Waals surface area contributed by atoms with Crippen molar-refractivity contribution in [1.82, 2.24) is 4.98 Å². The van der Waals surface area contributed by atoms with Gasteiger partial charge in [0.15, 0.2) is 0 Å². The summed E-state index contributed by atoms with van der Waals surface area (Å²) in [5.41, 5.74) is 7.94. The number of pyridine rings is 1. The van der Waals surface area contributed by atoms with E-state index in [0.717, 1.165) is 19.3 Å². The van der Waals surface area contributed by atoms with Crippen LogP contribution in [0, 0.1) is 6.92 Å². The van der Waals surface area contributed by atoms with Crippen molar-refractivity contribution in [3.63, 3.8) is 0 Å². The summed E-state index contributed by atoms with van der Waals surface area (Å²) in [7, 11) is 0. The van der Waals surface area contributed by atoms with Gasteiger partial charge in [-0.15, -0.1) is 0 Å². The Morgan fingerprint density at radius 3 is 2.57 bits per heavy atom. The molecule has 1 heteroatoms. The highest BCUT2D eigenvalue weighted by Gasteiger charge is 2.07. The average Bonchev–Trinajstić information content (AvgIpc) is 2.92. The first kappa shape index (κ1) is 13.8. The van der Waals surface area contributed by atoms with Crippen molar-refractivity contribution in [1.29, 1.82) is 0 Å². The van der Waals surface area contributed by atoms with Gasteiger partial charge in [0.2, 0.25) is 0 Å². The molecule has 0 saturated carbocycles. The lowest BCUT2D eigenvalue weighted by atomic mass is 10.0. The number of allylic oxidation sites excluding steroid dienone is 4. The fraction of sp³-hybridized carbons (Fsp3) is 0.250. The van der Waals surface area contributed by atoms with Crippen LogP contribution >= 0.6 is 0 Å². The maximum Gasteiger partial charge on any atom is 0.0407 e. The first-order chi connectivity index (χ1) is 10.2. The quantitative estimate of drug-likeness (QED) is 0.772. The summed E-state index contributed by atoms with van der Waals surface area (Å²) in [6.45, 7) is 4.31. The number of aromatic nitrogens is 1. The summed E-state index contributed by atoms with van der Waals surface area (Å²) in [6, 6.07) is 13.1. The van der Waals surface area contributed by atoms with Crippen LogP contribution in [0.1, 0.15) is 35.7 Å². The predicted molar refractivity (Wildman–Crippen MR) is 89.2 cm³/mol. The highest BCUT2D eigenvalue weighted by Crippen LogP contribution is 2.27. The van der Waals surface area contributed by atoms with Crippen molar-refractivity contribution < 1.29 is 0 Å². The molecule has 3 rings (SSSR count). The fourth-order valence-electron chi connectivity index (χ4n) is 2.76. The minimum absolute atomic E-state index is 1.00. The van der Waals surface area contributed by atoms with E-state index in [9.17, 15) is 0 Å². The van der Waals surface area contributed by atoms with Crippen LogP contribution in [0.15, 0.2) is 60.3 Å². The molecule has 2 aromatic rings. The molecule has 0 bridgehead atoms. The molecule has 0 fully saturated rings. The largest absolute Gasteiger partial charge is 0.261 e. The van der Waals surface area contributed by atoms with E-state index in [1.165, 1.54) is 33.5 Å². The molecule has 0 aliphatic heterocycles. The second-order valence-corrected chi connectivity index (χ2v) is 5.91. The molecule has 1 heterocycles. The molecule has 0 atom stereocenters. The van der Waals surface area contributed by atoms with Gasteiger partial charge in [0.05, 0.1) is 0 Å². The third-order valence-corrected chi connectivity index (χ3v) is 3.99. The fourth-order valence-corrected chi connectivity index (χ4v) is 2.76. The monoisotopic (exact) mass is 275 g/mol. The summed E-state index contributed by atoms with van der Waals surface area (Å²) >= 11 is 0. The molecule has 1 nitrogen and oxygen atoms in total. The molecule has 21 heavy (non-hydrogen) atoms. The van der Waals surface area contributed by atoms with E-state index in [2.05, 4.69) is 67.4 Å². The number of hydrogen-bond acceptors (Lipinski definition) is 1. The number of aryl methyl sites for hydroxylation is 3. The van der Waals surface area contributed by atoms with Gasteiger partial charge in [-0.3, -0.25) is 4.98 Å². The minimum Gasteiger partial charge on any atom is -0.261 e. The molecule has 0 radical (unpaired) electrons. The van der Waals surface area contributed by atoms with Crippen LogP contribution in [0.5, 0.6) is 0 Å². The third kappa shape index (κ3) is 3.49. The number of benzene rings is 1. The molecule has 0 amide bonds. The van der Waals surface area contributed by atoms with Gasteiger partial charge in [0.1, 0.15) is 0 Å². The van der Waals surface area contributed by atoms with Crippen molar-refractivity contribution in [2.24, 2.45) is 0 Å². The van der Waals surface area contributed by atoms with Crippen LogP contribution in [-0.4, -0.2) is 4.98 Å². The minimum atomic E-state index is 1.00. The lowest BCUT2D eigenvalue weighted by Gasteiger charge is -2.06. The van der Waals surface area contributed by atoms with Gasteiger partial charge in [-0.1, -0.05) is 53.6 Å². The normalized spacial score (nSPS) is 14.0. The zero-order valence-corrected chi connectivity index (χ0v) is 12.8. The Morgan fingerprint density at radius 1 is 1.00 bits per heavy atom. The van der Waals surface area contributed by atoms with Gasteiger partial charge < -0.3 is 0 Å². The number of nitrogens with zero attached hydrogens (tertiary/aromatic N) is 1. The molecular formula is C20H21N. The van der Waals surface area contributed by atoms with E-state index >= 15 is 0 Å². The van der Waals surface area contributed by atoms with E-state index < -0.39 is 0 Å². The Labute approximate surface area is 127 Å². The number of rotatable bonds is 4. The zero-order valence-electron chi connectivity index (χ0n) is 12.8. The summed E-state index contributed by atoms with van der Waals surface area (Å²) in [6.07, 6.45) is 9.53. The Balaban J connectivity index is 1.62. The van der Waals surface area contributed by atoms with Crippen LogP contribution in [-0.2, 0) is 12.8 Å². The van der Waals surface area contributed by atoms with Crippen LogP contribution in [0.4, 0.5) is 0 Å². The lowest BCUT2D eigenvalue weighted by molar-refractivity contribution is 0.911. The Hall–Kier alpha value is -2.15. The van der Waals surface area contributed by atoms with Crippen LogP contribution in [0.2, 0.25) is 0 Å². The van der Waals surface area contributed by atoms with Crippen molar-refractivity contribution in [3.05, 3.63) is 82.7 Å². The molecule has 0 spiro atoms. The van der Waals surface area contributed by atoms with Crippen LogP contribution in [0.25, 0.3) is 5.57 Å². The molecule has 106 valence electrons. The Morgan fingerprint density at radius 2 is 1.90 bits per heavy atom. The van der Waals surface area contributed by atoms with Crippen molar-refractivity contribution in [2.75, 3.05) is 0 Å². The second-order valence-electron chi connectivity index (χ2n) is 5.91. The first-order valence-corrected chi connectivity index (χ1v) is 7.58. The summed E-state index contributed by atoms with van der Waals surface area (Å²) in [5.74, 6) is 0. The Kier molecular flexibility index (Phi) is 4.01. The summed E-state index contributed by atoms with van der Waals surface area (Å²) < 4.78 is 0. The van der Waals surface area contributed by atoms with E-state index in [-0.39, 0.29) is 0 Å². The van der Waals surface area contributed by atoms with Gasteiger partial charge in [0, 0.05) is 11.9 Å². The SMILES string of the molecule is CC1=CC=C(c2ccc(CCc3cccc(C)c3)nc2)C1. The van der Waals surface area contributed by atoms with Crippen LogP contribution in [0.3, 0.4) is 0 Å². The molecule has 1 aromatic heterocycles. The predicted octanol–water partition coefficient (Wildman–Crippen LogP) is 4.91. The average molecular weight is 275 g/mol. The molecule has 0 unspecified atom stereocenters. The van der Waals surface area contributed by atoms with E-state index in [1.54, 1.807) is 0 Å². The van der Waals surface area contributed by atoms with Crippen molar-refractivity contribution in [2.45, 2.75) is 33.1 Å². The molecule has 0 N–H and O–H groups in total. The molecular weight excluding hydrogens is 254 g/mol. The maximum atomic E-state index is 4.62. The Bertz CT molecular complexity index is 690. The van der Waals surface area contributed by atoms with Crippen molar-refractivity contribution in [3.8, 4) is 0 Å². The molecule has 1 aliphatic carbocycles. The van der Waals surface area contributed by atoms with E-state index in [0.29, 0.717) is 0 Å². The van der Waals surface area contributed by atoms with E-state index in [1.807, 2.05) is 6.20 Å². The van der Waals surface area contributed by atoms with Gasteiger partial charge in [-0.2, -0.15) is 0 Å². The highest BCUT2D eigenvalue weighted by atomic mass is 14.7. The topological polar surface area (TPSA) is 12.9 Å². The standard InChI is InChI=1S/C20H21N/c1-15-4-3-5-17(12-15)7-10-20-11-9-19(14-21-20)18-8-6-16(2)13-18/h3-6,8-9,11-12,14H,7,10,13H2,1-2H3. The third-order valence-electron chi connectivity index (χ3n) is 3.99. The molecule has 1 aliphatic rings. The van der Waals surface area contributed by atoms with Crippen molar-refractivity contribution >= 4 is 5.57 Å². The number of hydrogen-bond donors (Lipinski definition) is 0. The lowest BCUT2D eigenvalue weighted by Crippen LogP contribution is -1.95. The summed E-state index contributed by atoms with van der Waals surface area (Å²) in [5, 5.41) is 0. The van der Waals surface area contributed by atoms with Gasteiger partial charge in [-0.25, -0.2) is 0 Å². The smallest absolute Gasteiger partial charge is 0.0407 e. The van der Waals surface area contributed by atoms with Gasteiger partial charge >= 0.3 is 0 Å². The first-order valence-electron chi connectivity index (χ1n) is 7.58. The maximum absolute atomic E-state index is 4.62.